The van der Waals surface area contributed by atoms with Crippen LogP contribution < -0.4 is 16.0 Å². The Balaban J connectivity index is 1.37. The quantitative estimate of drug-likeness (QED) is 0.226. The summed E-state index contributed by atoms with van der Waals surface area (Å²) in [5.41, 5.74) is 2.65. The van der Waals surface area contributed by atoms with Crippen LogP contribution >= 0.6 is 22.9 Å². The maximum atomic E-state index is 12.7. The molecule has 0 saturated carbocycles. The van der Waals surface area contributed by atoms with Gasteiger partial charge < -0.3 is 26.0 Å². The zero-order chi connectivity index (χ0) is 25.7. The minimum atomic E-state index is -1.38. The maximum Gasteiger partial charge on any atom is 0.328 e. The zero-order valence-corrected chi connectivity index (χ0v) is 20.2. The lowest BCUT2D eigenvalue weighted by Gasteiger charge is -2.16. The fourth-order valence-electron chi connectivity index (χ4n) is 3.41. The molecule has 4 aromatic rings. The van der Waals surface area contributed by atoms with E-state index in [0.29, 0.717) is 4.88 Å². The molecule has 0 fully saturated rings. The second kappa shape index (κ2) is 11.0. The molecule has 36 heavy (non-hydrogen) atoms. The van der Waals surface area contributed by atoms with Crippen molar-refractivity contribution in [1.29, 1.82) is 0 Å². The predicted octanol–water partition coefficient (Wildman–Crippen LogP) is 2.82. The Labute approximate surface area is 213 Å². The van der Waals surface area contributed by atoms with Gasteiger partial charge in [-0.15, -0.1) is 11.3 Å². The van der Waals surface area contributed by atoms with Gasteiger partial charge in [0.25, 0.3) is 17.7 Å². The summed E-state index contributed by atoms with van der Waals surface area (Å²) < 4.78 is 0. The zero-order valence-electron chi connectivity index (χ0n) is 18.6. The highest BCUT2D eigenvalue weighted by Crippen LogP contribution is 2.19. The smallest absolute Gasteiger partial charge is 0.328 e. The van der Waals surface area contributed by atoms with Crippen molar-refractivity contribution in [2.24, 2.45) is 0 Å². The molecule has 0 aliphatic heterocycles. The van der Waals surface area contributed by atoms with Gasteiger partial charge >= 0.3 is 5.97 Å². The molecule has 0 spiro atoms. The van der Waals surface area contributed by atoms with Crippen molar-refractivity contribution in [1.82, 2.24) is 25.9 Å². The number of para-hydroxylation sites is 1. The molecule has 3 amide bonds. The molecule has 2 heterocycles. The van der Waals surface area contributed by atoms with E-state index >= 15 is 0 Å². The van der Waals surface area contributed by atoms with Gasteiger partial charge in [0.15, 0.2) is 0 Å². The molecule has 12 heteroatoms. The minimum Gasteiger partial charge on any atom is -0.480 e. The number of aliphatic carboxylic acids is 1. The van der Waals surface area contributed by atoms with Crippen LogP contribution in [0.2, 0.25) is 5.02 Å². The van der Waals surface area contributed by atoms with Gasteiger partial charge in [-0.25, -0.2) is 9.78 Å². The summed E-state index contributed by atoms with van der Waals surface area (Å²) in [5.74, 6) is -2.93. The van der Waals surface area contributed by atoms with Crippen LogP contribution in [0.3, 0.4) is 0 Å². The number of amides is 3. The lowest BCUT2D eigenvalue weighted by molar-refractivity contribution is -0.139. The van der Waals surface area contributed by atoms with Crippen molar-refractivity contribution in [3.05, 3.63) is 86.8 Å². The normalized spacial score (nSPS) is 11.6. The molecule has 2 aromatic heterocycles. The van der Waals surface area contributed by atoms with Crippen molar-refractivity contribution in [3.63, 3.8) is 0 Å². The number of carboxylic acids is 1. The molecule has 10 nitrogen and oxygen atoms in total. The van der Waals surface area contributed by atoms with Gasteiger partial charge in [-0.1, -0.05) is 29.8 Å². The number of fused-ring (bicyclic) bond motifs is 1. The lowest BCUT2D eigenvalue weighted by atomic mass is 10.1. The number of carbonyl (C=O) groups excluding carboxylic acids is 3. The molecular weight excluding hydrogens is 506 g/mol. The van der Waals surface area contributed by atoms with E-state index in [2.05, 4.69) is 25.9 Å². The van der Waals surface area contributed by atoms with E-state index in [1.807, 2.05) is 18.2 Å². The van der Waals surface area contributed by atoms with Crippen molar-refractivity contribution < 1.29 is 24.3 Å². The number of carbonyl (C=O) groups is 4. The Morgan fingerprint density at radius 3 is 2.58 bits per heavy atom. The third kappa shape index (κ3) is 5.70. The number of rotatable bonds is 9. The highest BCUT2D eigenvalue weighted by atomic mass is 35.5. The van der Waals surface area contributed by atoms with Crippen LogP contribution in [0.25, 0.3) is 11.0 Å². The molecule has 0 radical (unpaired) electrons. The van der Waals surface area contributed by atoms with Crippen molar-refractivity contribution >= 4 is 57.7 Å². The van der Waals surface area contributed by atoms with Crippen LogP contribution in [0.4, 0.5) is 0 Å². The fourth-order valence-corrected chi connectivity index (χ4v) is 4.32. The number of nitrogens with zero attached hydrogens (tertiary/aromatic N) is 1. The first kappa shape index (κ1) is 24.9. The number of hydrogen-bond acceptors (Lipinski definition) is 6. The molecule has 0 aliphatic rings. The lowest BCUT2D eigenvalue weighted by Crippen LogP contribution is -2.48. The molecule has 0 bridgehead atoms. The first-order valence-electron chi connectivity index (χ1n) is 10.7. The highest BCUT2D eigenvalue weighted by Gasteiger charge is 2.23. The van der Waals surface area contributed by atoms with Gasteiger partial charge in [-0.2, -0.15) is 0 Å². The number of benzene rings is 2. The number of thiophene rings is 1. The summed E-state index contributed by atoms with van der Waals surface area (Å²) >= 11 is 7.45. The number of hydrogen-bond donors (Lipinski definition) is 5. The number of carboxylic acid groups (broad SMARTS) is 1. The van der Waals surface area contributed by atoms with Crippen LogP contribution in [0.15, 0.2) is 60.2 Å². The molecule has 0 aliphatic carbocycles. The Hall–Kier alpha value is -4.22. The minimum absolute atomic E-state index is 0.00894. The Morgan fingerprint density at radius 2 is 1.86 bits per heavy atom. The van der Waals surface area contributed by atoms with Gasteiger partial charge in [0.1, 0.15) is 6.04 Å². The van der Waals surface area contributed by atoms with E-state index in [1.165, 1.54) is 29.5 Å². The summed E-state index contributed by atoms with van der Waals surface area (Å²) in [7, 11) is 0. The Kier molecular flexibility index (Phi) is 7.62. The summed E-state index contributed by atoms with van der Waals surface area (Å²) in [6, 6.07) is 11.6. The van der Waals surface area contributed by atoms with Gasteiger partial charge in [-0.05, 0) is 41.3 Å². The second-order valence-corrected chi connectivity index (χ2v) is 9.00. The molecular formula is C24H20ClN5O5S. The van der Waals surface area contributed by atoms with Crippen molar-refractivity contribution in [2.75, 3.05) is 6.54 Å². The first-order valence-corrected chi connectivity index (χ1v) is 11.9. The monoisotopic (exact) mass is 525 g/mol. The van der Waals surface area contributed by atoms with E-state index in [9.17, 15) is 24.3 Å². The molecule has 0 saturated heterocycles. The Bertz CT molecular complexity index is 1440. The van der Waals surface area contributed by atoms with Crippen LogP contribution in [0.5, 0.6) is 0 Å². The van der Waals surface area contributed by atoms with E-state index < -0.39 is 29.7 Å². The largest absolute Gasteiger partial charge is 0.480 e. The second-order valence-electron chi connectivity index (χ2n) is 7.64. The molecule has 2 aromatic carbocycles. The summed E-state index contributed by atoms with van der Waals surface area (Å²) in [5, 5.41) is 18.8. The fraction of sp³-hybridized carbons (Fsp3) is 0.125. The number of imidazole rings is 1. The molecule has 1 atom stereocenters. The van der Waals surface area contributed by atoms with Gasteiger partial charge in [-0.3, -0.25) is 14.4 Å². The highest BCUT2D eigenvalue weighted by molar-refractivity contribution is 7.12. The maximum absolute atomic E-state index is 12.7. The van der Waals surface area contributed by atoms with Crippen molar-refractivity contribution in [3.8, 4) is 0 Å². The third-order valence-electron chi connectivity index (χ3n) is 5.26. The number of H-pyrrole nitrogens is 1. The van der Waals surface area contributed by atoms with Crippen molar-refractivity contribution in [2.45, 2.75) is 12.6 Å². The molecule has 5 N–H and O–H groups in total. The summed E-state index contributed by atoms with van der Waals surface area (Å²) in [6.45, 7) is -0.0863. The van der Waals surface area contributed by atoms with Crippen LogP contribution in [-0.2, 0) is 11.3 Å². The van der Waals surface area contributed by atoms with E-state index in [1.54, 1.807) is 23.8 Å². The number of halogens is 1. The van der Waals surface area contributed by atoms with E-state index in [-0.39, 0.29) is 29.2 Å². The summed E-state index contributed by atoms with van der Waals surface area (Å²) in [6.07, 6.45) is 1.58. The van der Waals surface area contributed by atoms with E-state index in [0.717, 1.165) is 16.6 Å². The standard InChI is InChI=1S/C24H20ClN5O5S/c25-16-9-13(21(31)26-10-14-3-1-4-17-20(14)29-12-28-17)6-7-15(16)22(32)30-18(24(34)35)11-27-23(33)19-5-2-8-36-19/h1-9,12,18H,10-11H2,(H,26,31)(H,27,33)(H,28,29)(H,30,32)(H,34,35). The molecule has 4 rings (SSSR count). The topological polar surface area (TPSA) is 153 Å². The number of nitrogens with one attached hydrogen (secondary N) is 4. The molecule has 1 unspecified atom stereocenters. The summed E-state index contributed by atoms with van der Waals surface area (Å²) in [4.78, 5) is 56.6. The van der Waals surface area contributed by atoms with Gasteiger partial charge in [0, 0.05) is 18.7 Å². The average Bonchev–Trinajstić information content (AvgIpc) is 3.57. The average molecular weight is 526 g/mol. The number of aromatic amines is 1. The van der Waals surface area contributed by atoms with Crippen LogP contribution in [0, 0.1) is 0 Å². The predicted molar refractivity (Wildman–Crippen MR) is 134 cm³/mol. The van der Waals surface area contributed by atoms with E-state index in [4.69, 9.17) is 11.6 Å². The first-order chi connectivity index (χ1) is 17.3. The third-order valence-corrected chi connectivity index (χ3v) is 6.45. The van der Waals surface area contributed by atoms with Crippen LogP contribution in [0.1, 0.15) is 36.0 Å². The molecule has 184 valence electrons. The van der Waals surface area contributed by atoms with Gasteiger partial charge in [0.05, 0.1) is 32.8 Å². The SMILES string of the molecule is O=C(NCc1cccc2[nH]cnc12)c1ccc(C(=O)NC(CNC(=O)c2cccs2)C(=O)O)c(Cl)c1. The Morgan fingerprint density at radius 1 is 1.03 bits per heavy atom. The van der Waals surface area contributed by atoms with Crippen LogP contribution in [-0.4, -0.2) is 51.4 Å². The van der Waals surface area contributed by atoms with Gasteiger partial charge in [0.2, 0.25) is 0 Å². The number of aromatic nitrogens is 2.